The minimum Gasteiger partial charge on any atom is -0.352 e. The van der Waals surface area contributed by atoms with Crippen LogP contribution in [0, 0.1) is 5.82 Å². The molecule has 0 unspecified atom stereocenters. The highest BCUT2D eigenvalue weighted by atomic mass is 32.2. The van der Waals surface area contributed by atoms with Crippen molar-refractivity contribution in [1.29, 1.82) is 0 Å². The average Bonchev–Trinajstić information content (AvgIpc) is 2.75. The van der Waals surface area contributed by atoms with Gasteiger partial charge in [-0.2, -0.15) is 0 Å². The van der Waals surface area contributed by atoms with Crippen molar-refractivity contribution in [2.24, 2.45) is 0 Å². The lowest BCUT2D eigenvalue weighted by atomic mass is 10.2. The molecule has 2 N–H and O–H groups in total. The fourth-order valence-electron chi connectivity index (χ4n) is 3.35. The highest BCUT2D eigenvalue weighted by Gasteiger charge is 2.15. The van der Waals surface area contributed by atoms with Gasteiger partial charge in [-0.3, -0.25) is 9.52 Å². The van der Waals surface area contributed by atoms with E-state index in [1.807, 2.05) is 0 Å². The molecule has 0 saturated carbocycles. The van der Waals surface area contributed by atoms with Gasteiger partial charge in [0.25, 0.3) is 15.9 Å². The summed E-state index contributed by atoms with van der Waals surface area (Å²) >= 11 is 0. The fourth-order valence-corrected chi connectivity index (χ4v) is 4.41. The zero-order valence-corrected chi connectivity index (χ0v) is 18.5. The predicted octanol–water partition coefficient (Wildman–Crippen LogP) is 2.38. The molecule has 1 amide bonds. The molecule has 7 nitrogen and oxygen atoms in total. The molecule has 0 aliphatic carbocycles. The Labute approximate surface area is 183 Å². The number of likely N-dealkylation sites (N-methyl/N-ethyl adjacent to an activating group) is 1. The quantitative estimate of drug-likeness (QED) is 0.576. The van der Waals surface area contributed by atoms with E-state index in [2.05, 4.69) is 26.9 Å². The molecule has 31 heavy (non-hydrogen) atoms. The van der Waals surface area contributed by atoms with Crippen molar-refractivity contribution in [3.05, 3.63) is 59.9 Å². The van der Waals surface area contributed by atoms with Crippen LogP contribution >= 0.6 is 0 Å². The van der Waals surface area contributed by atoms with Crippen LogP contribution in [0.3, 0.4) is 0 Å². The third-order valence-corrected chi connectivity index (χ3v) is 6.70. The summed E-state index contributed by atoms with van der Waals surface area (Å²) in [4.78, 5) is 17.0. The van der Waals surface area contributed by atoms with Crippen LogP contribution < -0.4 is 10.0 Å². The number of unbranched alkanes of at least 4 members (excludes halogenated alkanes) is 1. The number of piperazine rings is 1. The van der Waals surface area contributed by atoms with Crippen LogP contribution in [0.4, 0.5) is 10.1 Å². The number of carbonyl (C=O) groups is 1. The number of carbonyl (C=O) groups excluding carboxylic acids is 1. The van der Waals surface area contributed by atoms with E-state index in [0.717, 1.165) is 57.7 Å². The SMILES string of the molecule is CN1CCN(CCCCNC(=O)c2ccc(NS(=O)(=O)c3ccc(F)cc3)cc2)CC1. The van der Waals surface area contributed by atoms with Gasteiger partial charge in [-0.25, -0.2) is 12.8 Å². The first kappa shape index (κ1) is 23.2. The molecule has 168 valence electrons. The standard InChI is InChI=1S/C22H29FN4O3S/c1-26-14-16-27(17-15-26)13-3-2-12-24-22(28)18-4-8-20(9-5-18)25-31(29,30)21-10-6-19(23)7-11-21/h4-11,25H,2-3,12-17H2,1H3,(H,24,28). The molecule has 9 heteroatoms. The molecular formula is C22H29FN4O3S. The first-order valence-corrected chi connectivity index (χ1v) is 11.9. The predicted molar refractivity (Wildman–Crippen MR) is 119 cm³/mol. The Morgan fingerprint density at radius 1 is 0.968 bits per heavy atom. The van der Waals surface area contributed by atoms with E-state index in [1.54, 1.807) is 12.1 Å². The Kier molecular flexibility index (Phi) is 8.00. The van der Waals surface area contributed by atoms with E-state index in [1.165, 1.54) is 24.3 Å². The van der Waals surface area contributed by atoms with Gasteiger partial charge in [0.2, 0.25) is 0 Å². The summed E-state index contributed by atoms with van der Waals surface area (Å²) in [5.74, 6) is -0.693. The van der Waals surface area contributed by atoms with Gasteiger partial charge < -0.3 is 15.1 Å². The van der Waals surface area contributed by atoms with Crippen molar-refractivity contribution >= 4 is 21.6 Å². The number of rotatable bonds is 9. The zero-order valence-electron chi connectivity index (χ0n) is 17.7. The molecule has 1 aliphatic rings. The van der Waals surface area contributed by atoms with Crippen LogP contribution in [0.15, 0.2) is 53.4 Å². The van der Waals surface area contributed by atoms with Crippen LogP contribution in [0.25, 0.3) is 0 Å². The van der Waals surface area contributed by atoms with E-state index >= 15 is 0 Å². The van der Waals surface area contributed by atoms with Crippen LogP contribution in [0.5, 0.6) is 0 Å². The monoisotopic (exact) mass is 448 g/mol. The molecule has 2 aromatic rings. The van der Waals surface area contributed by atoms with Crippen molar-refractivity contribution in [3.63, 3.8) is 0 Å². The van der Waals surface area contributed by atoms with E-state index in [-0.39, 0.29) is 10.8 Å². The number of halogens is 1. The van der Waals surface area contributed by atoms with Crippen LogP contribution in [0.1, 0.15) is 23.2 Å². The lowest BCUT2D eigenvalue weighted by molar-refractivity contribution is 0.0952. The van der Waals surface area contributed by atoms with Crippen LogP contribution in [-0.2, 0) is 10.0 Å². The zero-order chi connectivity index (χ0) is 22.3. The third-order valence-electron chi connectivity index (χ3n) is 5.31. The van der Waals surface area contributed by atoms with E-state index in [4.69, 9.17) is 0 Å². The number of nitrogens with one attached hydrogen (secondary N) is 2. The molecular weight excluding hydrogens is 419 g/mol. The van der Waals surface area contributed by atoms with Crippen molar-refractivity contribution in [1.82, 2.24) is 15.1 Å². The molecule has 1 saturated heterocycles. The second-order valence-electron chi connectivity index (χ2n) is 7.74. The van der Waals surface area contributed by atoms with E-state index in [9.17, 15) is 17.6 Å². The number of nitrogens with zero attached hydrogens (tertiary/aromatic N) is 2. The highest BCUT2D eigenvalue weighted by molar-refractivity contribution is 7.92. The maximum absolute atomic E-state index is 13.0. The molecule has 0 aromatic heterocycles. The molecule has 0 radical (unpaired) electrons. The number of anilines is 1. The number of hydrogen-bond acceptors (Lipinski definition) is 5. The fraction of sp³-hybridized carbons (Fsp3) is 0.409. The number of amides is 1. The highest BCUT2D eigenvalue weighted by Crippen LogP contribution is 2.17. The number of hydrogen-bond donors (Lipinski definition) is 2. The molecule has 1 fully saturated rings. The summed E-state index contributed by atoms with van der Waals surface area (Å²) in [5, 5.41) is 2.90. The second-order valence-corrected chi connectivity index (χ2v) is 9.43. The minimum absolute atomic E-state index is 0.0349. The van der Waals surface area contributed by atoms with Gasteiger partial charge in [0.15, 0.2) is 0 Å². The summed E-state index contributed by atoms with van der Waals surface area (Å²) in [6, 6.07) is 10.8. The lowest BCUT2D eigenvalue weighted by Gasteiger charge is -2.32. The van der Waals surface area contributed by atoms with Gasteiger partial charge in [-0.15, -0.1) is 0 Å². The molecule has 1 aliphatic heterocycles. The summed E-state index contributed by atoms with van der Waals surface area (Å²) < 4.78 is 40.1. The van der Waals surface area contributed by atoms with Crippen molar-refractivity contribution < 1.29 is 17.6 Å². The average molecular weight is 449 g/mol. The van der Waals surface area contributed by atoms with Gasteiger partial charge in [-0.1, -0.05) is 0 Å². The summed E-state index contributed by atoms with van der Waals surface area (Å²) in [6.45, 7) is 6.05. The second kappa shape index (κ2) is 10.7. The maximum Gasteiger partial charge on any atom is 0.261 e. The molecule has 1 heterocycles. The molecule has 0 spiro atoms. The maximum atomic E-state index is 13.0. The summed E-state index contributed by atoms with van der Waals surface area (Å²) in [6.07, 6.45) is 1.95. The van der Waals surface area contributed by atoms with Crippen molar-refractivity contribution in [2.45, 2.75) is 17.7 Å². The topological polar surface area (TPSA) is 81.8 Å². The Bertz CT molecular complexity index is 957. The van der Waals surface area contributed by atoms with Gasteiger partial charge >= 0.3 is 0 Å². The van der Waals surface area contributed by atoms with E-state index < -0.39 is 15.8 Å². The first-order chi connectivity index (χ1) is 14.8. The van der Waals surface area contributed by atoms with Crippen molar-refractivity contribution in [2.75, 3.05) is 51.0 Å². The Morgan fingerprint density at radius 2 is 1.61 bits per heavy atom. The molecule has 2 aromatic carbocycles. The van der Waals surface area contributed by atoms with E-state index in [0.29, 0.717) is 17.8 Å². The van der Waals surface area contributed by atoms with Gasteiger partial charge in [0.05, 0.1) is 4.90 Å². The van der Waals surface area contributed by atoms with Gasteiger partial charge in [0.1, 0.15) is 5.82 Å². The van der Waals surface area contributed by atoms with Gasteiger partial charge in [-0.05, 0) is 75.0 Å². The number of sulfonamides is 1. The summed E-state index contributed by atoms with van der Waals surface area (Å²) in [5.41, 5.74) is 0.789. The van der Waals surface area contributed by atoms with Gasteiger partial charge in [0, 0.05) is 44.0 Å². The van der Waals surface area contributed by atoms with Crippen LogP contribution in [0.2, 0.25) is 0 Å². The Morgan fingerprint density at radius 3 is 2.26 bits per heavy atom. The third kappa shape index (κ3) is 7.02. The number of benzene rings is 2. The minimum atomic E-state index is -3.82. The molecule has 0 atom stereocenters. The molecule has 3 rings (SSSR count). The summed E-state index contributed by atoms with van der Waals surface area (Å²) in [7, 11) is -1.68. The molecule has 0 bridgehead atoms. The normalized spacial score (nSPS) is 15.5. The van der Waals surface area contributed by atoms with Crippen LogP contribution in [-0.4, -0.2) is 70.4 Å². The lowest BCUT2D eigenvalue weighted by Crippen LogP contribution is -2.44. The Hall–Kier alpha value is -2.49. The smallest absolute Gasteiger partial charge is 0.261 e. The largest absolute Gasteiger partial charge is 0.352 e. The Balaban J connectivity index is 1.42. The van der Waals surface area contributed by atoms with Crippen molar-refractivity contribution in [3.8, 4) is 0 Å². The first-order valence-electron chi connectivity index (χ1n) is 10.4.